The van der Waals surface area contributed by atoms with E-state index in [-0.39, 0.29) is 18.5 Å². The van der Waals surface area contributed by atoms with Crippen LogP contribution in [0.5, 0.6) is 0 Å². The van der Waals surface area contributed by atoms with Crippen molar-refractivity contribution in [3.8, 4) is 0 Å². The summed E-state index contributed by atoms with van der Waals surface area (Å²) in [5.41, 5.74) is 7.29. The first-order valence-corrected chi connectivity index (χ1v) is 12.6. The van der Waals surface area contributed by atoms with Crippen LogP contribution in [-0.4, -0.2) is 94.1 Å². The predicted molar refractivity (Wildman–Crippen MR) is 130 cm³/mol. The van der Waals surface area contributed by atoms with Gasteiger partial charge in [0.25, 0.3) is 5.91 Å². The number of rotatable bonds is 8. The molecule has 0 aromatic rings. The summed E-state index contributed by atoms with van der Waals surface area (Å²) in [6, 6.07) is -1.16. The van der Waals surface area contributed by atoms with Crippen molar-refractivity contribution in [2.45, 2.75) is 77.9 Å². The Kier molecular flexibility index (Phi) is 10.7. The Labute approximate surface area is 212 Å². The largest absolute Gasteiger partial charge is 0.480 e. The molecule has 2 heterocycles. The lowest BCUT2D eigenvalue weighted by molar-refractivity contribution is -0.155. The van der Waals surface area contributed by atoms with Crippen LogP contribution in [-0.2, 0) is 23.9 Å². The molecule has 12 heteroatoms. The Morgan fingerprint density at radius 1 is 1.08 bits per heavy atom. The molecule has 4 N–H and O–H groups in total. The minimum absolute atomic E-state index is 0.0503. The van der Waals surface area contributed by atoms with E-state index in [9.17, 15) is 24.0 Å². The van der Waals surface area contributed by atoms with Gasteiger partial charge in [-0.15, -0.1) is 0 Å². The van der Waals surface area contributed by atoms with E-state index in [1.54, 1.807) is 9.80 Å². The third-order valence-corrected chi connectivity index (χ3v) is 6.49. The number of hydrazine groups is 1. The van der Waals surface area contributed by atoms with Gasteiger partial charge in [-0.1, -0.05) is 0 Å². The number of carboxylic acid groups (broad SMARTS) is 1. The molecule has 0 radical (unpaired) electrons. The van der Waals surface area contributed by atoms with Gasteiger partial charge in [-0.3, -0.25) is 19.2 Å². The summed E-state index contributed by atoms with van der Waals surface area (Å²) in [6.45, 7) is 8.28. The molecule has 0 spiro atoms. The van der Waals surface area contributed by atoms with Crippen LogP contribution in [0, 0.1) is 11.8 Å². The van der Waals surface area contributed by atoms with E-state index in [2.05, 4.69) is 5.43 Å². The molecule has 204 valence electrons. The van der Waals surface area contributed by atoms with Gasteiger partial charge in [-0.05, 0) is 65.7 Å². The topological polar surface area (TPSA) is 163 Å². The quantitative estimate of drug-likeness (QED) is 0.403. The van der Waals surface area contributed by atoms with Crippen LogP contribution in [0.25, 0.3) is 0 Å². The molecule has 0 bridgehead atoms. The average molecular weight is 512 g/mol. The SMILES string of the molecule is C[C@@H](NN(C(=O)CN)C(=O)[C@@H]1CCCN(C(=O)CCC2CCN(C(=O)OC(C)(C)C)CC2)C1)C(=O)O. The maximum Gasteiger partial charge on any atom is 0.410 e. The van der Waals surface area contributed by atoms with Gasteiger partial charge < -0.3 is 25.4 Å². The molecule has 36 heavy (non-hydrogen) atoms. The Morgan fingerprint density at radius 3 is 2.28 bits per heavy atom. The van der Waals surface area contributed by atoms with Gasteiger partial charge in [0.2, 0.25) is 11.8 Å². The zero-order chi connectivity index (χ0) is 27.0. The molecule has 0 aromatic heterocycles. The molecular formula is C24H41N5O7. The predicted octanol–water partition coefficient (Wildman–Crippen LogP) is 0.944. The molecule has 0 saturated carbocycles. The van der Waals surface area contributed by atoms with E-state index in [0.717, 1.165) is 12.8 Å². The number of nitrogens with two attached hydrogens (primary N) is 1. The molecule has 2 atom stereocenters. The summed E-state index contributed by atoms with van der Waals surface area (Å²) >= 11 is 0. The van der Waals surface area contributed by atoms with Crippen molar-refractivity contribution < 1.29 is 33.8 Å². The van der Waals surface area contributed by atoms with E-state index < -0.39 is 41.9 Å². The van der Waals surface area contributed by atoms with Crippen LogP contribution in [0.2, 0.25) is 0 Å². The molecule has 2 rings (SSSR count). The number of imide groups is 1. The summed E-state index contributed by atoms with van der Waals surface area (Å²) in [6.07, 6.45) is 3.44. The molecule has 12 nitrogen and oxygen atoms in total. The second-order valence-electron chi connectivity index (χ2n) is 10.6. The van der Waals surface area contributed by atoms with E-state index in [1.807, 2.05) is 20.8 Å². The van der Waals surface area contributed by atoms with Gasteiger partial charge >= 0.3 is 12.1 Å². The minimum atomic E-state index is -1.21. The molecule has 2 aliphatic heterocycles. The Hall–Kier alpha value is -2.73. The first-order chi connectivity index (χ1) is 16.8. The monoisotopic (exact) mass is 511 g/mol. The first kappa shape index (κ1) is 29.5. The molecule has 0 unspecified atom stereocenters. The van der Waals surface area contributed by atoms with Crippen molar-refractivity contribution in [1.82, 2.24) is 20.2 Å². The maximum absolute atomic E-state index is 13.0. The number of piperidine rings is 2. The Bertz CT molecular complexity index is 820. The van der Waals surface area contributed by atoms with Gasteiger partial charge in [0.05, 0.1) is 12.5 Å². The second-order valence-corrected chi connectivity index (χ2v) is 10.6. The third-order valence-electron chi connectivity index (χ3n) is 6.49. The zero-order valence-corrected chi connectivity index (χ0v) is 21.8. The summed E-state index contributed by atoms with van der Waals surface area (Å²) in [4.78, 5) is 64.9. The van der Waals surface area contributed by atoms with Crippen LogP contribution in [0.15, 0.2) is 0 Å². The van der Waals surface area contributed by atoms with Crippen molar-refractivity contribution in [2.24, 2.45) is 17.6 Å². The number of nitrogens with zero attached hydrogens (tertiary/aromatic N) is 3. The average Bonchev–Trinajstić information content (AvgIpc) is 2.84. The molecule has 4 amide bonds. The van der Waals surface area contributed by atoms with E-state index in [4.69, 9.17) is 15.6 Å². The highest BCUT2D eigenvalue weighted by atomic mass is 16.6. The Morgan fingerprint density at radius 2 is 1.72 bits per heavy atom. The van der Waals surface area contributed by atoms with Gasteiger partial charge in [0, 0.05) is 32.6 Å². The molecule has 2 saturated heterocycles. The number of likely N-dealkylation sites (tertiary alicyclic amines) is 2. The van der Waals surface area contributed by atoms with Gasteiger partial charge in [-0.25, -0.2) is 15.2 Å². The summed E-state index contributed by atoms with van der Waals surface area (Å²) in [7, 11) is 0. The lowest BCUT2D eigenvalue weighted by atomic mass is 9.91. The second kappa shape index (κ2) is 13.0. The number of nitrogens with one attached hydrogen (secondary N) is 1. The maximum atomic E-state index is 13.0. The zero-order valence-electron chi connectivity index (χ0n) is 21.8. The first-order valence-electron chi connectivity index (χ1n) is 12.6. The smallest absolute Gasteiger partial charge is 0.410 e. The van der Waals surface area contributed by atoms with E-state index in [1.165, 1.54) is 6.92 Å². The number of hydrogen-bond acceptors (Lipinski definition) is 8. The highest BCUT2D eigenvalue weighted by Crippen LogP contribution is 2.25. The van der Waals surface area contributed by atoms with Crippen LogP contribution in [0.3, 0.4) is 0 Å². The standard InChI is InChI=1S/C24H41N5O7/c1-16(22(33)34)26-29(20(31)14-25)21(32)18-6-5-11-28(15-18)19(30)8-7-17-9-12-27(13-10-17)23(35)36-24(2,3)4/h16-18,26H,5-15,25H2,1-4H3,(H,33,34)/t16-,18-/m1/s1. The number of hydrogen-bond donors (Lipinski definition) is 3. The molecule has 0 aromatic carbocycles. The lowest BCUT2D eigenvalue weighted by Crippen LogP contribution is -2.58. The third kappa shape index (κ3) is 8.74. The van der Waals surface area contributed by atoms with Gasteiger partial charge in [-0.2, -0.15) is 0 Å². The number of ether oxygens (including phenoxy) is 1. The molecule has 2 aliphatic rings. The Balaban J connectivity index is 1.85. The van der Waals surface area contributed by atoms with Gasteiger partial charge in [0.15, 0.2) is 0 Å². The fourth-order valence-corrected chi connectivity index (χ4v) is 4.40. The van der Waals surface area contributed by atoms with Crippen LogP contribution in [0.4, 0.5) is 4.79 Å². The highest BCUT2D eigenvalue weighted by Gasteiger charge is 2.35. The number of carbonyl (C=O) groups is 5. The van der Waals surface area contributed by atoms with Crippen molar-refractivity contribution in [2.75, 3.05) is 32.7 Å². The van der Waals surface area contributed by atoms with Crippen LogP contribution < -0.4 is 11.2 Å². The van der Waals surface area contributed by atoms with Crippen molar-refractivity contribution in [1.29, 1.82) is 0 Å². The van der Waals surface area contributed by atoms with E-state index in [0.29, 0.717) is 56.2 Å². The van der Waals surface area contributed by atoms with Crippen LogP contribution in [0.1, 0.15) is 66.2 Å². The lowest BCUT2D eigenvalue weighted by Gasteiger charge is -2.36. The minimum Gasteiger partial charge on any atom is -0.480 e. The highest BCUT2D eigenvalue weighted by molar-refractivity contribution is 5.97. The molecule has 0 aliphatic carbocycles. The van der Waals surface area contributed by atoms with Crippen molar-refractivity contribution >= 4 is 29.8 Å². The molecule has 2 fully saturated rings. The fourth-order valence-electron chi connectivity index (χ4n) is 4.40. The normalized spacial score (nSPS) is 20.0. The summed E-state index contributed by atoms with van der Waals surface area (Å²) in [5, 5.41) is 9.81. The number of carboxylic acids is 1. The van der Waals surface area contributed by atoms with E-state index >= 15 is 0 Å². The van der Waals surface area contributed by atoms with Crippen molar-refractivity contribution in [3.05, 3.63) is 0 Å². The summed E-state index contributed by atoms with van der Waals surface area (Å²) < 4.78 is 5.42. The van der Waals surface area contributed by atoms with Crippen molar-refractivity contribution in [3.63, 3.8) is 0 Å². The van der Waals surface area contributed by atoms with Crippen LogP contribution >= 0.6 is 0 Å². The number of amides is 4. The number of carbonyl (C=O) groups excluding carboxylic acids is 4. The summed E-state index contributed by atoms with van der Waals surface area (Å²) in [5.74, 6) is -2.86. The molecular weight excluding hydrogens is 470 g/mol. The fraction of sp³-hybridized carbons (Fsp3) is 0.792. The van der Waals surface area contributed by atoms with Gasteiger partial charge in [0.1, 0.15) is 11.6 Å². The number of aliphatic carboxylic acids is 1.